The highest BCUT2D eigenvalue weighted by Gasteiger charge is 2.23. The molecule has 0 aliphatic heterocycles. The van der Waals surface area contributed by atoms with E-state index >= 15 is 0 Å². The lowest BCUT2D eigenvalue weighted by Crippen LogP contribution is -2.16. The minimum Gasteiger partial charge on any atom is -0.358 e. The van der Waals surface area contributed by atoms with Crippen molar-refractivity contribution in [2.45, 2.75) is 13.5 Å². The molecule has 0 spiro atoms. The lowest BCUT2D eigenvalue weighted by Gasteiger charge is -2.06. The number of hydrogen-bond donors (Lipinski definition) is 0. The zero-order valence-electron chi connectivity index (χ0n) is 11.4. The predicted octanol–water partition coefficient (Wildman–Crippen LogP) is 1.92. The van der Waals surface area contributed by atoms with Crippen LogP contribution in [0.25, 0.3) is 5.65 Å². The Morgan fingerprint density at radius 3 is 2.82 bits per heavy atom. The Labute approximate surface area is 132 Å². The molecule has 0 aromatic carbocycles. The molecule has 0 aliphatic rings. The van der Waals surface area contributed by atoms with Crippen LogP contribution in [0.3, 0.4) is 0 Å². The van der Waals surface area contributed by atoms with Crippen molar-refractivity contribution >= 4 is 27.4 Å². The lowest BCUT2D eigenvalue weighted by atomic mass is 10.3. The fourth-order valence-corrected chi connectivity index (χ4v) is 2.78. The van der Waals surface area contributed by atoms with E-state index in [1.807, 2.05) is 0 Å². The third-order valence-corrected chi connectivity index (χ3v) is 3.98. The van der Waals surface area contributed by atoms with Crippen LogP contribution in [-0.2, 0) is 6.54 Å². The smallest absolute Gasteiger partial charge is 0.358 e. The van der Waals surface area contributed by atoms with E-state index in [9.17, 15) is 14.9 Å². The molecule has 3 heterocycles. The van der Waals surface area contributed by atoms with Gasteiger partial charge in [0.1, 0.15) is 5.65 Å². The Bertz CT molecular complexity index is 946. The SMILES string of the molecule is Cc1nc([N+](=O)[O-])c(Br)n1Cc1cc(=O)n2ccccc2n1. The number of halogens is 1. The molecule has 3 aromatic rings. The summed E-state index contributed by atoms with van der Waals surface area (Å²) in [6.45, 7) is 1.87. The number of imidazole rings is 1. The molecule has 0 fully saturated rings. The Hall–Kier alpha value is -2.55. The summed E-state index contributed by atoms with van der Waals surface area (Å²) < 4.78 is 3.28. The molecule has 3 rings (SSSR count). The molecule has 22 heavy (non-hydrogen) atoms. The summed E-state index contributed by atoms with van der Waals surface area (Å²) in [5, 5.41) is 10.9. The average molecular weight is 364 g/mol. The Morgan fingerprint density at radius 1 is 1.36 bits per heavy atom. The number of pyridine rings is 1. The van der Waals surface area contributed by atoms with Crippen LogP contribution in [0.1, 0.15) is 11.5 Å². The number of hydrogen-bond acceptors (Lipinski definition) is 5. The highest BCUT2D eigenvalue weighted by atomic mass is 79.9. The van der Waals surface area contributed by atoms with Gasteiger partial charge in [-0.1, -0.05) is 6.07 Å². The van der Waals surface area contributed by atoms with E-state index in [2.05, 4.69) is 25.9 Å². The van der Waals surface area contributed by atoms with Gasteiger partial charge in [0.2, 0.25) is 5.82 Å². The third kappa shape index (κ3) is 2.39. The fourth-order valence-electron chi connectivity index (χ4n) is 2.17. The normalized spacial score (nSPS) is 11.0. The van der Waals surface area contributed by atoms with E-state index in [0.717, 1.165) is 0 Å². The van der Waals surface area contributed by atoms with Crippen molar-refractivity contribution in [3.8, 4) is 0 Å². The van der Waals surface area contributed by atoms with Crippen molar-refractivity contribution in [3.63, 3.8) is 0 Å². The van der Waals surface area contributed by atoms with E-state index < -0.39 is 4.92 Å². The van der Waals surface area contributed by atoms with E-state index in [1.165, 1.54) is 10.5 Å². The molecular formula is C13H10BrN5O3. The zero-order valence-corrected chi connectivity index (χ0v) is 13.0. The molecule has 0 bridgehead atoms. The van der Waals surface area contributed by atoms with Crippen molar-refractivity contribution in [3.05, 3.63) is 67.1 Å². The summed E-state index contributed by atoms with van der Waals surface area (Å²) in [5.41, 5.74) is 0.824. The minimum atomic E-state index is -0.559. The Kier molecular flexibility index (Phi) is 3.49. The first-order valence-corrected chi connectivity index (χ1v) is 7.11. The van der Waals surface area contributed by atoms with Crippen molar-refractivity contribution in [2.24, 2.45) is 0 Å². The molecule has 3 aromatic heterocycles. The summed E-state index contributed by atoms with van der Waals surface area (Å²) in [6, 6.07) is 6.67. The van der Waals surface area contributed by atoms with Gasteiger partial charge in [-0.3, -0.25) is 13.8 Å². The Morgan fingerprint density at radius 2 is 2.14 bits per heavy atom. The van der Waals surface area contributed by atoms with Crippen LogP contribution in [0.5, 0.6) is 0 Å². The lowest BCUT2D eigenvalue weighted by molar-refractivity contribution is -0.390. The summed E-state index contributed by atoms with van der Waals surface area (Å²) in [6.07, 6.45) is 1.64. The van der Waals surface area contributed by atoms with Gasteiger partial charge in [0.25, 0.3) is 5.56 Å². The molecular weight excluding hydrogens is 354 g/mol. The van der Waals surface area contributed by atoms with Gasteiger partial charge in [0.05, 0.1) is 12.2 Å². The number of rotatable bonds is 3. The molecule has 0 saturated carbocycles. The van der Waals surface area contributed by atoms with Gasteiger partial charge < -0.3 is 10.1 Å². The minimum absolute atomic E-state index is 0.205. The molecule has 8 nitrogen and oxygen atoms in total. The second-order valence-corrected chi connectivity index (χ2v) is 5.38. The number of fused-ring (bicyclic) bond motifs is 1. The quantitative estimate of drug-likeness (QED) is 0.523. The molecule has 0 amide bonds. The van der Waals surface area contributed by atoms with Gasteiger partial charge in [-0.05, 0) is 38.0 Å². The Balaban J connectivity index is 2.07. The van der Waals surface area contributed by atoms with E-state index in [4.69, 9.17) is 0 Å². The molecule has 9 heteroatoms. The van der Waals surface area contributed by atoms with E-state index in [0.29, 0.717) is 17.2 Å². The predicted molar refractivity (Wildman–Crippen MR) is 81.9 cm³/mol. The van der Waals surface area contributed by atoms with Gasteiger partial charge in [-0.25, -0.2) is 4.98 Å². The number of aromatic nitrogens is 4. The highest BCUT2D eigenvalue weighted by molar-refractivity contribution is 9.10. The molecule has 0 aliphatic carbocycles. The molecule has 0 saturated heterocycles. The van der Waals surface area contributed by atoms with Crippen molar-refractivity contribution in [2.75, 3.05) is 0 Å². The maximum absolute atomic E-state index is 12.1. The summed E-state index contributed by atoms with van der Waals surface area (Å²) >= 11 is 3.18. The van der Waals surface area contributed by atoms with Crippen LogP contribution in [0.4, 0.5) is 5.82 Å². The molecule has 0 unspecified atom stereocenters. The summed E-state index contributed by atoms with van der Waals surface area (Å²) in [7, 11) is 0. The first kappa shape index (κ1) is 14.4. The zero-order chi connectivity index (χ0) is 15.9. The first-order chi connectivity index (χ1) is 10.5. The summed E-state index contributed by atoms with van der Waals surface area (Å²) in [5.74, 6) is 0.212. The van der Waals surface area contributed by atoms with Crippen molar-refractivity contribution < 1.29 is 4.92 Å². The number of nitrogens with zero attached hydrogens (tertiary/aromatic N) is 5. The number of aryl methyl sites for hydroxylation is 1. The standard InChI is InChI=1S/C13H10BrN5O3/c1-8-15-13(19(21)22)12(14)18(8)7-9-6-11(20)17-5-3-2-4-10(17)16-9/h2-6H,7H2,1H3. The maximum atomic E-state index is 12.1. The van der Waals surface area contributed by atoms with Crippen LogP contribution in [0.15, 0.2) is 39.9 Å². The third-order valence-electron chi connectivity index (χ3n) is 3.20. The van der Waals surface area contributed by atoms with Crippen LogP contribution in [-0.4, -0.2) is 23.9 Å². The number of nitro groups is 1. The second kappa shape index (κ2) is 5.34. The monoisotopic (exact) mass is 363 g/mol. The summed E-state index contributed by atoms with van der Waals surface area (Å²) in [4.78, 5) is 30.7. The van der Waals surface area contributed by atoms with Gasteiger partial charge >= 0.3 is 5.82 Å². The fraction of sp³-hybridized carbons (Fsp3) is 0.154. The molecule has 0 N–H and O–H groups in total. The molecule has 0 radical (unpaired) electrons. The van der Waals surface area contributed by atoms with Gasteiger partial charge in [0.15, 0.2) is 4.60 Å². The van der Waals surface area contributed by atoms with Gasteiger partial charge in [-0.2, -0.15) is 0 Å². The van der Waals surface area contributed by atoms with Crippen LogP contribution in [0.2, 0.25) is 0 Å². The largest absolute Gasteiger partial charge is 0.396 e. The second-order valence-electron chi connectivity index (χ2n) is 4.63. The van der Waals surface area contributed by atoms with Gasteiger partial charge in [-0.15, -0.1) is 0 Å². The van der Waals surface area contributed by atoms with E-state index in [-0.39, 0.29) is 22.5 Å². The topological polar surface area (TPSA) is 95.3 Å². The highest BCUT2D eigenvalue weighted by Crippen LogP contribution is 2.25. The first-order valence-electron chi connectivity index (χ1n) is 6.31. The average Bonchev–Trinajstić information content (AvgIpc) is 2.76. The van der Waals surface area contributed by atoms with E-state index in [1.54, 1.807) is 35.9 Å². The van der Waals surface area contributed by atoms with Gasteiger partial charge in [0, 0.05) is 19.2 Å². The molecule has 112 valence electrons. The molecule has 0 atom stereocenters. The van der Waals surface area contributed by atoms with Crippen LogP contribution < -0.4 is 5.56 Å². The van der Waals surface area contributed by atoms with Crippen molar-refractivity contribution in [1.29, 1.82) is 0 Å². The van der Waals surface area contributed by atoms with Crippen molar-refractivity contribution in [1.82, 2.24) is 18.9 Å². The maximum Gasteiger partial charge on any atom is 0.396 e. The van der Waals surface area contributed by atoms with Crippen LogP contribution in [0, 0.1) is 17.0 Å². The van der Waals surface area contributed by atoms with Crippen LogP contribution >= 0.6 is 15.9 Å².